The molecule has 0 unspecified atom stereocenters. The lowest BCUT2D eigenvalue weighted by Gasteiger charge is -1.89. The Labute approximate surface area is 95.2 Å². The van der Waals surface area contributed by atoms with Gasteiger partial charge in [-0.2, -0.15) is 0 Å². The normalized spacial score (nSPS) is 12.4. The molecule has 2 heteroatoms. The van der Waals surface area contributed by atoms with Gasteiger partial charge in [-0.25, -0.2) is 4.79 Å². The molecule has 0 spiro atoms. The van der Waals surface area contributed by atoms with Crippen molar-refractivity contribution in [3.8, 4) is 0 Å². The number of carbonyl (C=O) groups is 1. The molecule has 0 saturated carbocycles. The third-order valence-corrected chi connectivity index (χ3v) is 1.91. The number of hydrogen-bond donors (Lipinski definition) is 1. The number of rotatable bonds is 4. The van der Waals surface area contributed by atoms with E-state index in [9.17, 15) is 4.79 Å². The lowest BCUT2D eigenvalue weighted by atomic mass is 10.2. The van der Waals surface area contributed by atoms with Gasteiger partial charge >= 0.3 is 5.97 Å². The number of aliphatic carboxylic acids is 1. The van der Waals surface area contributed by atoms with Crippen LogP contribution in [0.3, 0.4) is 0 Å². The van der Waals surface area contributed by atoms with Crippen molar-refractivity contribution < 1.29 is 9.90 Å². The van der Waals surface area contributed by atoms with E-state index in [1.165, 1.54) is 6.08 Å². The van der Waals surface area contributed by atoms with Crippen molar-refractivity contribution in [2.24, 2.45) is 0 Å². The highest BCUT2D eigenvalue weighted by molar-refractivity contribution is 5.81. The van der Waals surface area contributed by atoms with Crippen LogP contribution >= 0.6 is 0 Å². The smallest absolute Gasteiger partial charge is 0.328 e. The second-order valence-corrected chi connectivity index (χ2v) is 3.36. The van der Waals surface area contributed by atoms with E-state index in [0.29, 0.717) is 5.57 Å². The molecule has 0 aliphatic heterocycles. The Bertz CT molecular complexity index is 425. The molecule has 0 bridgehead atoms. The van der Waals surface area contributed by atoms with Crippen LogP contribution in [-0.4, -0.2) is 11.1 Å². The van der Waals surface area contributed by atoms with Crippen LogP contribution in [0.1, 0.15) is 12.5 Å². The van der Waals surface area contributed by atoms with Crippen LogP contribution in [0.2, 0.25) is 0 Å². The summed E-state index contributed by atoms with van der Waals surface area (Å²) >= 11 is 0. The van der Waals surface area contributed by atoms with Gasteiger partial charge in [-0.05, 0) is 18.1 Å². The molecule has 1 aromatic rings. The molecule has 0 fully saturated rings. The second-order valence-electron chi connectivity index (χ2n) is 3.36. The first kappa shape index (κ1) is 12.0. The van der Waals surface area contributed by atoms with E-state index in [1.54, 1.807) is 13.0 Å². The van der Waals surface area contributed by atoms with E-state index < -0.39 is 5.97 Å². The van der Waals surface area contributed by atoms with Crippen LogP contribution in [0.4, 0.5) is 0 Å². The zero-order valence-electron chi connectivity index (χ0n) is 9.13. The molecular weight excluding hydrogens is 200 g/mol. The molecule has 0 radical (unpaired) electrons. The Balaban J connectivity index is 2.55. The van der Waals surface area contributed by atoms with Crippen molar-refractivity contribution in [3.63, 3.8) is 0 Å². The summed E-state index contributed by atoms with van der Waals surface area (Å²) in [6.45, 7) is 1.75. The van der Waals surface area contributed by atoms with Crippen LogP contribution in [0.5, 0.6) is 0 Å². The maximum absolute atomic E-state index is 10.3. The highest BCUT2D eigenvalue weighted by atomic mass is 16.4. The van der Waals surface area contributed by atoms with Crippen LogP contribution < -0.4 is 0 Å². The fourth-order valence-corrected chi connectivity index (χ4v) is 1.18. The molecule has 0 aliphatic rings. The van der Waals surface area contributed by atoms with Gasteiger partial charge in [-0.1, -0.05) is 54.6 Å². The van der Waals surface area contributed by atoms with Crippen LogP contribution in [0.25, 0.3) is 6.08 Å². The molecule has 0 atom stereocenters. The Morgan fingerprint density at radius 1 is 1.19 bits per heavy atom. The van der Waals surface area contributed by atoms with Crippen LogP contribution in [0, 0.1) is 0 Å². The Morgan fingerprint density at radius 3 is 2.50 bits per heavy atom. The van der Waals surface area contributed by atoms with E-state index in [0.717, 1.165) is 5.56 Å². The van der Waals surface area contributed by atoms with E-state index >= 15 is 0 Å². The lowest BCUT2D eigenvalue weighted by molar-refractivity contribution is -0.131. The third-order valence-electron chi connectivity index (χ3n) is 1.91. The fourth-order valence-electron chi connectivity index (χ4n) is 1.18. The summed E-state index contributed by atoms with van der Waals surface area (Å²) in [4.78, 5) is 10.3. The van der Waals surface area contributed by atoms with Gasteiger partial charge < -0.3 is 5.11 Å². The SMILES string of the molecule is CC(C=CC=Cc1ccccc1)=CC(=O)O. The predicted molar refractivity (Wildman–Crippen MR) is 66.0 cm³/mol. The minimum atomic E-state index is -0.922. The van der Waals surface area contributed by atoms with Gasteiger partial charge in [0.2, 0.25) is 0 Å². The average Bonchev–Trinajstić information content (AvgIpc) is 2.25. The van der Waals surface area contributed by atoms with E-state index in [4.69, 9.17) is 5.11 Å². The molecule has 1 rings (SSSR count). The molecule has 1 aromatic carbocycles. The average molecular weight is 214 g/mol. The van der Waals surface area contributed by atoms with Crippen molar-refractivity contribution >= 4 is 12.0 Å². The predicted octanol–water partition coefficient (Wildman–Crippen LogP) is 3.29. The van der Waals surface area contributed by atoms with Gasteiger partial charge in [0.25, 0.3) is 0 Å². The molecular formula is C14H14O2. The van der Waals surface area contributed by atoms with Crippen molar-refractivity contribution in [3.05, 3.63) is 65.8 Å². The summed E-state index contributed by atoms with van der Waals surface area (Å²) in [5.41, 5.74) is 1.83. The van der Waals surface area contributed by atoms with E-state index in [2.05, 4.69) is 0 Å². The first-order chi connectivity index (χ1) is 7.68. The fraction of sp³-hybridized carbons (Fsp3) is 0.0714. The van der Waals surface area contributed by atoms with Gasteiger partial charge in [0, 0.05) is 6.08 Å². The van der Waals surface area contributed by atoms with Crippen molar-refractivity contribution in [2.45, 2.75) is 6.92 Å². The van der Waals surface area contributed by atoms with Gasteiger partial charge in [-0.15, -0.1) is 0 Å². The summed E-state index contributed by atoms with van der Waals surface area (Å²) in [5.74, 6) is -0.922. The molecule has 0 saturated heterocycles. The maximum atomic E-state index is 10.3. The Kier molecular flexibility index (Phi) is 4.80. The van der Waals surface area contributed by atoms with E-state index in [1.807, 2.05) is 48.6 Å². The van der Waals surface area contributed by atoms with Crippen LogP contribution in [0.15, 0.2) is 60.2 Å². The summed E-state index contributed by atoms with van der Waals surface area (Å²) in [7, 11) is 0. The van der Waals surface area contributed by atoms with Gasteiger partial charge in [0.1, 0.15) is 0 Å². The van der Waals surface area contributed by atoms with Crippen molar-refractivity contribution in [2.75, 3.05) is 0 Å². The maximum Gasteiger partial charge on any atom is 0.328 e. The molecule has 82 valence electrons. The third kappa shape index (κ3) is 4.96. The Hall–Kier alpha value is -2.09. The molecule has 0 heterocycles. The van der Waals surface area contributed by atoms with E-state index in [-0.39, 0.29) is 0 Å². The number of allylic oxidation sites excluding steroid dienone is 4. The first-order valence-electron chi connectivity index (χ1n) is 4.99. The molecule has 16 heavy (non-hydrogen) atoms. The number of hydrogen-bond acceptors (Lipinski definition) is 1. The number of benzene rings is 1. The lowest BCUT2D eigenvalue weighted by Crippen LogP contribution is -1.87. The monoisotopic (exact) mass is 214 g/mol. The van der Waals surface area contributed by atoms with Crippen molar-refractivity contribution in [1.29, 1.82) is 0 Å². The standard InChI is InChI=1S/C14H14O2/c1-12(11-14(15)16)7-5-6-10-13-8-3-2-4-9-13/h2-11H,1H3,(H,15,16). The summed E-state index contributed by atoms with van der Waals surface area (Å²) in [6.07, 6.45) is 8.60. The van der Waals surface area contributed by atoms with Gasteiger partial charge in [-0.3, -0.25) is 0 Å². The quantitative estimate of drug-likeness (QED) is 0.616. The molecule has 0 amide bonds. The molecule has 0 aliphatic carbocycles. The number of carboxylic acids is 1. The Morgan fingerprint density at radius 2 is 1.88 bits per heavy atom. The van der Waals surface area contributed by atoms with Crippen LogP contribution in [-0.2, 0) is 4.79 Å². The zero-order valence-corrected chi connectivity index (χ0v) is 9.13. The minimum Gasteiger partial charge on any atom is -0.478 e. The zero-order chi connectivity index (χ0) is 11.8. The van der Waals surface area contributed by atoms with Gasteiger partial charge in [0.15, 0.2) is 0 Å². The minimum absolute atomic E-state index is 0.713. The first-order valence-corrected chi connectivity index (χ1v) is 4.99. The molecule has 1 N–H and O–H groups in total. The topological polar surface area (TPSA) is 37.3 Å². The largest absolute Gasteiger partial charge is 0.478 e. The summed E-state index contributed by atoms with van der Waals surface area (Å²) in [5, 5.41) is 8.49. The number of carboxylic acid groups (broad SMARTS) is 1. The molecule has 0 aromatic heterocycles. The second kappa shape index (κ2) is 6.40. The summed E-state index contributed by atoms with van der Waals surface area (Å²) < 4.78 is 0. The summed E-state index contributed by atoms with van der Waals surface area (Å²) in [6, 6.07) is 9.92. The highest BCUT2D eigenvalue weighted by Crippen LogP contribution is 2.01. The molecule has 2 nitrogen and oxygen atoms in total. The highest BCUT2D eigenvalue weighted by Gasteiger charge is 1.87. The van der Waals surface area contributed by atoms with Gasteiger partial charge in [0.05, 0.1) is 0 Å². The van der Waals surface area contributed by atoms with Crippen molar-refractivity contribution in [1.82, 2.24) is 0 Å².